The van der Waals surface area contributed by atoms with Crippen molar-refractivity contribution in [3.05, 3.63) is 45.4 Å². The number of nitrogens with two attached hydrogens (primary N) is 1. The van der Waals surface area contributed by atoms with Crippen molar-refractivity contribution in [2.24, 2.45) is 5.73 Å². The van der Waals surface area contributed by atoms with E-state index in [1.54, 1.807) is 12.1 Å². The summed E-state index contributed by atoms with van der Waals surface area (Å²) in [4.78, 5) is 27.8. The average Bonchev–Trinajstić information content (AvgIpc) is 2.94. The molecule has 1 amide bonds. The van der Waals surface area contributed by atoms with E-state index in [4.69, 9.17) is 5.73 Å². The molecule has 23 heavy (non-hydrogen) atoms. The van der Waals surface area contributed by atoms with E-state index >= 15 is 0 Å². The number of benzene rings is 1. The van der Waals surface area contributed by atoms with Gasteiger partial charge in [-0.1, -0.05) is 13.0 Å². The minimum atomic E-state index is -1.06. The van der Waals surface area contributed by atoms with Gasteiger partial charge in [-0.25, -0.2) is 9.78 Å². The van der Waals surface area contributed by atoms with Gasteiger partial charge in [-0.05, 0) is 30.7 Å². The Labute approximate surface area is 138 Å². The Hall–Kier alpha value is -2.25. The van der Waals surface area contributed by atoms with Crippen molar-refractivity contribution in [1.82, 2.24) is 4.98 Å². The van der Waals surface area contributed by atoms with Crippen LogP contribution in [-0.2, 0) is 24.1 Å². The number of aryl methyl sites for hydroxylation is 1. The van der Waals surface area contributed by atoms with Crippen molar-refractivity contribution in [3.8, 4) is 0 Å². The first-order chi connectivity index (χ1) is 11.0. The molecule has 0 spiro atoms. The van der Waals surface area contributed by atoms with Crippen LogP contribution in [0.1, 0.15) is 33.5 Å². The van der Waals surface area contributed by atoms with Crippen LogP contribution in [0, 0.1) is 0 Å². The molecule has 0 fully saturated rings. The molecule has 0 saturated carbocycles. The number of thiazole rings is 1. The third kappa shape index (κ3) is 4.61. The molecule has 0 atom stereocenters. The number of aromatic carboxylic acids is 1. The zero-order chi connectivity index (χ0) is 16.8. The van der Waals surface area contributed by atoms with Gasteiger partial charge in [0.2, 0.25) is 5.91 Å². The first-order valence-electron chi connectivity index (χ1n) is 7.33. The number of carbonyl (C=O) groups is 2. The number of rotatable bonds is 7. The molecule has 0 aliphatic heterocycles. The normalized spacial score (nSPS) is 10.5. The van der Waals surface area contributed by atoms with Gasteiger partial charge in [0, 0.05) is 11.8 Å². The molecule has 1 aromatic carbocycles. The summed E-state index contributed by atoms with van der Waals surface area (Å²) >= 11 is 1.47. The van der Waals surface area contributed by atoms with Gasteiger partial charge in [-0.3, -0.25) is 4.79 Å². The zero-order valence-corrected chi connectivity index (χ0v) is 13.7. The van der Waals surface area contributed by atoms with Crippen LogP contribution in [0.25, 0.3) is 0 Å². The molecule has 0 radical (unpaired) electrons. The Morgan fingerprint density at radius 1 is 1.39 bits per heavy atom. The van der Waals surface area contributed by atoms with Gasteiger partial charge in [0.05, 0.1) is 28.4 Å². The molecule has 2 aromatic rings. The van der Waals surface area contributed by atoms with E-state index < -0.39 is 5.97 Å². The summed E-state index contributed by atoms with van der Waals surface area (Å²) in [5.74, 6) is -1.35. The summed E-state index contributed by atoms with van der Waals surface area (Å²) in [5, 5.41) is 14.6. The fourth-order valence-electron chi connectivity index (χ4n) is 2.12. The number of hydrogen-bond donors (Lipinski definition) is 3. The van der Waals surface area contributed by atoms with Crippen molar-refractivity contribution >= 4 is 28.9 Å². The minimum Gasteiger partial charge on any atom is -0.478 e. The number of amides is 1. The molecular weight excluding hydrogens is 314 g/mol. The molecule has 1 aromatic heterocycles. The number of hydrogen-bond acceptors (Lipinski definition) is 5. The summed E-state index contributed by atoms with van der Waals surface area (Å²) in [6.07, 6.45) is 1.53. The van der Waals surface area contributed by atoms with Gasteiger partial charge in [0.25, 0.3) is 0 Å². The molecule has 4 N–H and O–H groups in total. The lowest BCUT2D eigenvalue weighted by Crippen LogP contribution is -2.17. The van der Waals surface area contributed by atoms with Gasteiger partial charge in [-0.2, -0.15) is 0 Å². The molecule has 7 heteroatoms. The quantitative estimate of drug-likeness (QED) is 0.719. The van der Waals surface area contributed by atoms with Crippen LogP contribution in [0.2, 0.25) is 0 Å². The standard InChI is InChI=1S/C16H19N3O3S/c1-2-10-3-4-13(12(7-10)16(21)22)19-14(20)8-11-9-23-15(18-11)5-6-17/h3-4,7,9H,2,5-6,8,17H2,1H3,(H,19,20)(H,21,22). The number of aromatic nitrogens is 1. The van der Waals surface area contributed by atoms with E-state index in [1.165, 1.54) is 11.3 Å². The topological polar surface area (TPSA) is 105 Å². The molecule has 2 rings (SSSR count). The Balaban J connectivity index is 2.08. The highest BCUT2D eigenvalue weighted by atomic mass is 32.1. The summed E-state index contributed by atoms with van der Waals surface area (Å²) in [6.45, 7) is 2.46. The lowest BCUT2D eigenvalue weighted by molar-refractivity contribution is -0.115. The fourth-order valence-corrected chi connectivity index (χ4v) is 2.94. The lowest BCUT2D eigenvalue weighted by Gasteiger charge is -2.09. The van der Waals surface area contributed by atoms with Gasteiger partial charge < -0.3 is 16.2 Å². The van der Waals surface area contributed by atoms with Gasteiger partial charge in [-0.15, -0.1) is 11.3 Å². The Morgan fingerprint density at radius 2 is 2.17 bits per heavy atom. The van der Waals surface area contributed by atoms with E-state index in [1.807, 2.05) is 18.4 Å². The van der Waals surface area contributed by atoms with Gasteiger partial charge in [0.1, 0.15) is 0 Å². The zero-order valence-electron chi connectivity index (χ0n) is 12.8. The monoisotopic (exact) mass is 333 g/mol. The Kier molecular flexibility index (Phi) is 5.84. The Bertz CT molecular complexity index is 712. The molecule has 1 heterocycles. The largest absolute Gasteiger partial charge is 0.478 e. The molecule has 0 unspecified atom stereocenters. The maximum Gasteiger partial charge on any atom is 0.337 e. The molecule has 122 valence electrons. The fraction of sp³-hybridized carbons (Fsp3) is 0.312. The van der Waals surface area contributed by atoms with Crippen LogP contribution < -0.4 is 11.1 Å². The summed E-state index contributed by atoms with van der Waals surface area (Å²) in [7, 11) is 0. The van der Waals surface area contributed by atoms with E-state index in [0.29, 0.717) is 24.3 Å². The van der Waals surface area contributed by atoms with Crippen LogP contribution in [-0.4, -0.2) is 28.5 Å². The van der Waals surface area contributed by atoms with Crippen LogP contribution >= 0.6 is 11.3 Å². The van der Waals surface area contributed by atoms with Crippen LogP contribution in [0.3, 0.4) is 0 Å². The SMILES string of the molecule is CCc1ccc(NC(=O)Cc2csc(CCN)n2)c(C(=O)O)c1. The average molecular weight is 333 g/mol. The molecular formula is C16H19N3O3S. The summed E-state index contributed by atoms with van der Waals surface area (Å²) in [5.41, 5.74) is 7.45. The molecule has 0 aliphatic carbocycles. The van der Waals surface area contributed by atoms with E-state index in [0.717, 1.165) is 17.0 Å². The van der Waals surface area contributed by atoms with Crippen LogP contribution in [0.15, 0.2) is 23.6 Å². The summed E-state index contributed by atoms with van der Waals surface area (Å²) in [6, 6.07) is 5.02. The summed E-state index contributed by atoms with van der Waals surface area (Å²) < 4.78 is 0. The predicted octanol–water partition coefficient (Wildman–Crippen LogP) is 2.09. The van der Waals surface area contributed by atoms with Crippen LogP contribution in [0.4, 0.5) is 5.69 Å². The van der Waals surface area contributed by atoms with E-state index in [9.17, 15) is 14.7 Å². The maximum absolute atomic E-state index is 12.1. The highest BCUT2D eigenvalue weighted by molar-refractivity contribution is 7.09. The third-order valence-electron chi connectivity index (χ3n) is 3.30. The van der Waals surface area contributed by atoms with Gasteiger partial charge >= 0.3 is 5.97 Å². The first-order valence-corrected chi connectivity index (χ1v) is 8.20. The second-order valence-corrected chi connectivity index (χ2v) is 5.98. The Morgan fingerprint density at radius 3 is 2.83 bits per heavy atom. The van der Waals surface area contributed by atoms with E-state index in [2.05, 4.69) is 10.3 Å². The van der Waals surface area contributed by atoms with Crippen molar-refractivity contribution in [2.45, 2.75) is 26.2 Å². The smallest absolute Gasteiger partial charge is 0.337 e. The van der Waals surface area contributed by atoms with Crippen molar-refractivity contribution in [2.75, 3.05) is 11.9 Å². The predicted molar refractivity (Wildman–Crippen MR) is 90.0 cm³/mol. The van der Waals surface area contributed by atoms with Gasteiger partial charge in [0.15, 0.2) is 0 Å². The van der Waals surface area contributed by atoms with Crippen molar-refractivity contribution in [1.29, 1.82) is 0 Å². The number of nitrogens with zero attached hydrogens (tertiary/aromatic N) is 1. The van der Waals surface area contributed by atoms with Crippen molar-refractivity contribution < 1.29 is 14.7 Å². The second-order valence-electron chi connectivity index (χ2n) is 5.03. The first kappa shape index (κ1) is 17.1. The third-order valence-corrected chi connectivity index (χ3v) is 4.25. The minimum absolute atomic E-state index is 0.0970. The highest BCUT2D eigenvalue weighted by Gasteiger charge is 2.14. The lowest BCUT2D eigenvalue weighted by atomic mass is 10.1. The number of anilines is 1. The number of carboxylic acid groups (broad SMARTS) is 1. The number of carboxylic acids is 1. The number of nitrogens with one attached hydrogen (secondary N) is 1. The number of carbonyl (C=O) groups excluding carboxylic acids is 1. The molecule has 6 nitrogen and oxygen atoms in total. The molecule has 0 saturated heterocycles. The molecule has 0 aliphatic rings. The molecule has 0 bridgehead atoms. The van der Waals surface area contributed by atoms with Crippen LogP contribution in [0.5, 0.6) is 0 Å². The van der Waals surface area contributed by atoms with Crippen molar-refractivity contribution in [3.63, 3.8) is 0 Å². The van der Waals surface area contributed by atoms with E-state index in [-0.39, 0.29) is 17.9 Å². The second kappa shape index (κ2) is 7.85. The maximum atomic E-state index is 12.1. The highest BCUT2D eigenvalue weighted by Crippen LogP contribution is 2.19.